The Morgan fingerprint density at radius 1 is 1.14 bits per heavy atom. The zero-order chi connectivity index (χ0) is 16.5. The number of ether oxygens (including phenoxy) is 1. The van der Waals surface area contributed by atoms with E-state index in [4.69, 9.17) is 4.74 Å². The lowest BCUT2D eigenvalue weighted by Crippen LogP contribution is -2.45. The first kappa shape index (κ1) is 20.8. The van der Waals surface area contributed by atoms with Gasteiger partial charge in [0.25, 0.3) is 10.2 Å². The minimum absolute atomic E-state index is 0.285. The molecule has 0 fully saturated rings. The van der Waals surface area contributed by atoms with Gasteiger partial charge in [0, 0.05) is 39.8 Å². The molecular formula is C14H33N3O3S. The van der Waals surface area contributed by atoms with Gasteiger partial charge in [0.2, 0.25) is 0 Å². The third-order valence-corrected chi connectivity index (χ3v) is 4.99. The zero-order valence-electron chi connectivity index (χ0n) is 14.4. The molecule has 21 heavy (non-hydrogen) atoms. The molecule has 0 aromatic rings. The summed E-state index contributed by atoms with van der Waals surface area (Å²) < 4.78 is 33.1. The maximum Gasteiger partial charge on any atom is 0.281 e. The highest BCUT2D eigenvalue weighted by Crippen LogP contribution is 2.10. The SMILES string of the molecule is COCCN(CC(C)C)S(=O)(=O)N(C)CCCNC(C)C. The number of methoxy groups -OCH3 is 1. The normalized spacial score (nSPS) is 13.0. The Morgan fingerprint density at radius 3 is 2.24 bits per heavy atom. The van der Waals surface area contributed by atoms with Crippen LogP contribution in [0.15, 0.2) is 0 Å². The molecule has 0 bridgehead atoms. The first-order chi connectivity index (χ1) is 9.71. The second kappa shape index (κ2) is 10.5. The quantitative estimate of drug-likeness (QED) is 0.547. The van der Waals surface area contributed by atoms with Crippen LogP contribution in [0, 0.1) is 5.92 Å². The smallest absolute Gasteiger partial charge is 0.281 e. The van der Waals surface area contributed by atoms with Crippen molar-refractivity contribution >= 4 is 10.2 Å². The second-order valence-corrected chi connectivity index (χ2v) is 8.07. The summed E-state index contributed by atoms with van der Waals surface area (Å²) in [5.41, 5.74) is 0. The summed E-state index contributed by atoms with van der Waals surface area (Å²) >= 11 is 0. The molecule has 0 aliphatic rings. The Hall–Kier alpha value is -0.210. The molecule has 0 rings (SSSR count). The van der Waals surface area contributed by atoms with E-state index < -0.39 is 10.2 Å². The molecule has 7 heteroatoms. The summed E-state index contributed by atoms with van der Waals surface area (Å²) in [6, 6.07) is 0.422. The van der Waals surface area contributed by atoms with E-state index in [0.717, 1.165) is 13.0 Å². The minimum Gasteiger partial charge on any atom is -0.383 e. The molecule has 1 N–H and O–H groups in total. The Kier molecular flexibility index (Phi) is 10.4. The van der Waals surface area contributed by atoms with Crippen molar-refractivity contribution in [2.75, 3.05) is 46.9 Å². The van der Waals surface area contributed by atoms with E-state index in [2.05, 4.69) is 19.2 Å². The van der Waals surface area contributed by atoms with Crippen molar-refractivity contribution in [1.82, 2.24) is 13.9 Å². The van der Waals surface area contributed by atoms with Gasteiger partial charge in [-0.3, -0.25) is 0 Å². The summed E-state index contributed by atoms with van der Waals surface area (Å²) in [4.78, 5) is 0. The van der Waals surface area contributed by atoms with Crippen LogP contribution < -0.4 is 5.32 Å². The molecule has 0 aliphatic heterocycles. The lowest BCUT2D eigenvalue weighted by molar-refractivity contribution is 0.172. The van der Waals surface area contributed by atoms with Crippen molar-refractivity contribution in [3.63, 3.8) is 0 Å². The lowest BCUT2D eigenvalue weighted by atomic mass is 10.2. The standard InChI is InChI=1S/C14H33N3O3S/c1-13(2)12-17(10-11-20-6)21(18,19)16(5)9-7-8-15-14(3)4/h13-15H,7-12H2,1-6H3. The summed E-state index contributed by atoms with van der Waals surface area (Å²) in [7, 11) is -0.182. The number of hydrogen-bond acceptors (Lipinski definition) is 4. The van der Waals surface area contributed by atoms with Gasteiger partial charge in [0.15, 0.2) is 0 Å². The maximum absolute atomic E-state index is 12.6. The predicted octanol–water partition coefficient (Wildman–Crippen LogP) is 1.16. The van der Waals surface area contributed by atoms with Crippen LogP contribution in [0.3, 0.4) is 0 Å². The highest BCUT2D eigenvalue weighted by Gasteiger charge is 2.26. The predicted molar refractivity (Wildman–Crippen MR) is 87.6 cm³/mol. The fourth-order valence-corrected chi connectivity index (χ4v) is 3.45. The number of hydrogen-bond donors (Lipinski definition) is 1. The Morgan fingerprint density at radius 2 is 1.76 bits per heavy atom. The molecule has 6 nitrogen and oxygen atoms in total. The van der Waals surface area contributed by atoms with Crippen molar-refractivity contribution in [1.29, 1.82) is 0 Å². The van der Waals surface area contributed by atoms with E-state index in [1.807, 2.05) is 13.8 Å². The van der Waals surface area contributed by atoms with Gasteiger partial charge in [-0.2, -0.15) is 17.0 Å². The molecule has 0 amide bonds. The molecule has 0 spiro atoms. The van der Waals surface area contributed by atoms with Gasteiger partial charge in [0.05, 0.1) is 6.61 Å². The average Bonchev–Trinajstić information content (AvgIpc) is 2.38. The Labute approximate surface area is 131 Å². The van der Waals surface area contributed by atoms with Crippen LogP contribution in [0.25, 0.3) is 0 Å². The van der Waals surface area contributed by atoms with Crippen LogP contribution >= 0.6 is 0 Å². The van der Waals surface area contributed by atoms with Gasteiger partial charge in [0.1, 0.15) is 0 Å². The van der Waals surface area contributed by atoms with Gasteiger partial charge < -0.3 is 10.1 Å². The first-order valence-electron chi connectivity index (χ1n) is 7.65. The Balaban J connectivity index is 4.54. The zero-order valence-corrected chi connectivity index (χ0v) is 15.2. The van der Waals surface area contributed by atoms with Gasteiger partial charge in [-0.1, -0.05) is 27.7 Å². The summed E-state index contributed by atoms with van der Waals surface area (Å²) in [6.07, 6.45) is 0.799. The van der Waals surface area contributed by atoms with Crippen LogP contribution in [0.2, 0.25) is 0 Å². The van der Waals surface area contributed by atoms with E-state index in [-0.39, 0.29) is 5.92 Å². The van der Waals surface area contributed by atoms with Crippen molar-refractivity contribution in [2.45, 2.75) is 40.2 Å². The van der Waals surface area contributed by atoms with Crippen molar-refractivity contribution < 1.29 is 13.2 Å². The molecule has 0 atom stereocenters. The maximum atomic E-state index is 12.6. The summed E-state index contributed by atoms with van der Waals surface area (Å²) in [6.45, 7) is 10.8. The van der Waals surface area contributed by atoms with Gasteiger partial charge in [-0.05, 0) is 18.9 Å². The molecule has 128 valence electrons. The van der Waals surface area contributed by atoms with Crippen molar-refractivity contribution in [3.8, 4) is 0 Å². The average molecular weight is 324 g/mol. The minimum atomic E-state index is -3.41. The van der Waals surface area contributed by atoms with Crippen LogP contribution in [0.4, 0.5) is 0 Å². The molecule has 0 heterocycles. The monoisotopic (exact) mass is 323 g/mol. The molecule has 0 aliphatic carbocycles. The number of nitrogens with one attached hydrogen (secondary N) is 1. The molecule has 0 aromatic carbocycles. The van der Waals surface area contributed by atoms with E-state index in [1.165, 1.54) is 8.61 Å². The second-order valence-electron chi connectivity index (χ2n) is 6.04. The molecular weight excluding hydrogens is 290 g/mol. The van der Waals surface area contributed by atoms with E-state index in [9.17, 15) is 8.42 Å². The lowest BCUT2D eigenvalue weighted by Gasteiger charge is -2.28. The first-order valence-corrected chi connectivity index (χ1v) is 9.05. The fraction of sp³-hybridized carbons (Fsp3) is 1.00. The third-order valence-electron chi connectivity index (χ3n) is 3.04. The molecule has 0 unspecified atom stereocenters. The molecule has 0 saturated carbocycles. The highest BCUT2D eigenvalue weighted by atomic mass is 32.2. The number of rotatable bonds is 12. The van der Waals surface area contributed by atoms with E-state index >= 15 is 0 Å². The van der Waals surface area contributed by atoms with Gasteiger partial charge >= 0.3 is 0 Å². The van der Waals surface area contributed by atoms with Gasteiger partial charge in [-0.15, -0.1) is 0 Å². The number of nitrogens with zero attached hydrogens (tertiary/aromatic N) is 2. The van der Waals surface area contributed by atoms with Gasteiger partial charge in [-0.25, -0.2) is 0 Å². The van der Waals surface area contributed by atoms with Crippen LogP contribution in [-0.2, 0) is 14.9 Å². The summed E-state index contributed by atoms with van der Waals surface area (Å²) in [5.74, 6) is 0.285. The largest absolute Gasteiger partial charge is 0.383 e. The van der Waals surface area contributed by atoms with Crippen molar-refractivity contribution in [3.05, 3.63) is 0 Å². The van der Waals surface area contributed by atoms with Crippen LogP contribution in [-0.4, -0.2) is 70.0 Å². The van der Waals surface area contributed by atoms with Crippen LogP contribution in [0.5, 0.6) is 0 Å². The highest BCUT2D eigenvalue weighted by molar-refractivity contribution is 7.86. The molecule has 0 radical (unpaired) electrons. The van der Waals surface area contributed by atoms with Crippen LogP contribution in [0.1, 0.15) is 34.1 Å². The summed E-state index contributed by atoms with van der Waals surface area (Å²) in [5, 5.41) is 3.29. The van der Waals surface area contributed by atoms with Crippen molar-refractivity contribution in [2.24, 2.45) is 5.92 Å². The van der Waals surface area contributed by atoms with E-state index in [0.29, 0.717) is 32.3 Å². The Bertz CT molecular complexity index is 358. The third kappa shape index (κ3) is 8.73. The van der Waals surface area contributed by atoms with E-state index in [1.54, 1.807) is 14.2 Å². The molecule has 0 aromatic heterocycles. The fourth-order valence-electron chi connectivity index (χ4n) is 1.91. The molecule has 0 saturated heterocycles. The topological polar surface area (TPSA) is 61.9 Å².